The summed E-state index contributed by atoms with van der Waals surface area (Å²) < 4.78 is 0. The van der Waals surface area contributed by atoms with Crippen molar-refractivity contribution >= 4 is 11.9 Å². The van der Waals surface area contributed by atoms with Gasteiger partial charge in [0.25, 0.3) is 0 Å². The highest BCUT2D eigenvalue weighted by Gasteiger charge is 2.19. The second-order valence-corrected chi connectivity index (χ2v) is 4.41. The van der Waals surface area contributed by atoms with Crippen molar-refractivity contribution in [1.29, 1.82) is 0 Å². The highest BCUT2D eigenvalue weighted by molar-refractivity contribution is 6.01. The van der Waals surface area contributed by atoms with Crippen LogP contribution in [0.3, 0.4) is 0 Å². The first-order chi connectivity index (χ1) is 7.84. The van der Waals surface area contributed by atoms with Crippen LogP contribution in [-0.4, -0.2) is 35.0 Å². The van der Waals surface area contributed by atoms with Crippen LogP contribution in [0.5, 0.6) is 0 Å². The molecule has 4 heteroatoms. The van der Waals surface area contributed by atoms with Gasteiger partial charge in [0.2, 0.25) is 5.91 Å². The highest BCUT2D eigenvalue weighted by Crippen LogP contribution is 2.11. The van der Waals surface area contributed by atoms with E-state index >= 15 is 0 Å². The number of rotatable bonds is 6. The summed E-state index contributed by atoms with van der Waals surface area (Å²) in [6.45, 7) is 10.4. The molecule has 0 heterocycles. The van der Waals surface area contributed by atoms with Gasteiger partial charge >= 0.3 is 5.97 Å². The second kappa shape index (κ2) is 7.09. The summed E-state index contributed by atoms with van der Waals surface area (Å²) >= 11 is 0. The number of amides is 1. The summed E-state index contributed by atoms with van der Waals surface area (Å²) in [6, 6.07) is 0. The van der Waals surface area contributed by atoms with Crippen LogP contribution in [0.15, 0.2) is 11.1 Å². The lowest BCUT2D eigenvalue weighted by atomic mass is 10.1. The van der Waals surface area contributed by atoms with E-state index in [1.165, 1.54) is 6.92 Å². The van der Waals surface area contributed by atoms with Crippen LogP contribution in [0, 0.1) is 5.92 Å². The average Bonchev–Trinajstić information content (AvgIpc) is 2.32. The van der Waals surface area contributed by atoms with Gasteiger partial charge in [-0.05, 0) is 26.7 Å². The number of carbonyl (C=O) groups is 2. The standard InChI is InChI=1S/C13H23NO3/c1-6-9(3)8-14(7-2)12(15)10(4)11(5)13(16)17/h9H,6-8H2,1-5H3,(H,16,17). The third-order valence-corrected chi connectivity index (χ3v) is 3.10. The minimum atomic E-state index is -1.03. The van der Waals surface area contributed by atoms with Crippen LogP contribution < -0.4 is 0 Å². The molecule has 1 amide bonds. The molecule has 0 aliphatic rings. The number of hydrogen-bond donors (Lipinski definition) is 1. The molecular formula is C13H23NO3. The minimum Gasteiger partial charge on any atom is -0.478 e. The molecule has 0 aliphatic carbocycles. The van der Waals surface area contributed by atoms with Crippen LogP contribution in [0.4, 0.5) is 0 Å². The molecule has 0 fully saturated rings. The number of carboxylic acids is 1. The molecule has 4 nitrogen and oxygen atoms in total. The fourth-order valence-corrected chi connectivity index (χ4v) is 1.42. The van der Waals surface area contributed by atoms with Crippen LogP contribution >= 0.6 is 0 Å². The Morgan fingerprint density at radius 2 is 1.71 bits per heavy atom. The normalized spacial score (nSPS) is 13.9. The first kappa shape index (κ1) is 15.7. The second-order valence-electron chi connectivity index (χ2n) is 4.41. The Bertz CT molecular complexity index is 321. The molecule has 1 atom stereocenters. The number of nitrogens with zero attached hydrogens (tertiary/aromatic N) is 1. The van der Waals surface area contributed by atoms with E-state index in [1.54, 1.807) is 11.8 Å². The average molecular weight is 241 g/mol. The summed E-state index contributed by atoms with van der Waals surface area (Å²) in [7, 11) is 0. The van der Waals surface area contributed by atoms with Gasteiger partial charge in [-0.25, -0.2) is 4.79 Å². The highest BCUT2D eigenvalue weighted by atomic mass is 16.4. The van der Waals surface area contributed by atoms with Crippen molar-refractivity contribution < 1.29 is 14.7 Å². The predicted molar refractivity (Wildman–Crippen MR) is 67.7 cm³/mol. The maximum atomic E-state index is 12.1. The molecule has 17 heavy (non-hydrogen) atoms. The number of likely N-dealkylation sites (N-methyl/N-ethyl adjacent to an activating group) is 1. The molecule has 0 aromatic heterocycles. The molecule has 0 rings (SSSR count). The van der Waals surface area contributed by atoms with Crippen LogP contribution in [-0.2, 0) is 9.59 Å². The molecule has 1 unspecified atom stereocenters. The van der Waals surface area contributed by atoms with E-state index in [0.717, 1.165) is 6.42 Å². The lowest BCUT2D eigenvalue weighted by Crippen LogP contribution is -2.35. The first-order valence-corrected chi connectivity index (χ1v) is 6.05. The van der Waals surface area contributed by atoms with Gasteiger partial charge in [0.15, 0.2) is 0 Å². The first-order valence-electron chi connectivity index (χ1n) is 6.05. The van der Waals surface area contributed by atoms with E-state index in [-0.39, 0.29) is 11.5 Å². The van der Waals surface area contributed by atoms with Crippen molar-refractivity contribution in [2.75, 3.05) is 13.1 Å². The van der Waals surface area contributed by atoms with Crippen molar-refractivity contribution in [3.63, 3.8) is 0 Å². The molecule has 0 saturated heterocycles. The predicted octanol–water partition coefficient (Wildman–Crippen LogP) is 2.30. The third kappa shape index (κ3) is 4.59. The van der Waals surface area contributed by atoms with E-state index < -0.39 is 5.97 Å². The van der Waals surface area contributed by atoms with Gasteiger partial charge in [0, 0.05) is 24.2 Å². The Hall–Kier alpha value is -1.32. The molecule has 0 spiro atoms. The number of aliphatic carboxylic acids is 1. The van der Waals surface area contributed by atoms with Gasteiger partial charge in [-0.15, -0.1) is 0 Å². The Morgan fingerprint density at radius 3 is 2.06 bits per heavy atom. The van der Waals surface area contributed by atoms with Crippen LogP contribution in [0.1, 0.15) is 41.0 Å². The molecule has 0 bridgehead atoms. The number of hydrogen-bond acceptors (Lipinski definition) is 2. The monoisotopic (exact) mass is 241 g/mol. The SMILES string of the molecule is CCC(C)CN(CC)C(=O)C(C)=C(C)C(=O)O. The smallest absolute Gasteiger partial charge is 0.331 e. The molecule has 1 N–H and O–H groups in total. The van der Waals surface area contributed by atoms with Crippen LogP contribution in [0.25, 0.3) is 0 Å². The lowest BCUT2D eigenvalue weighted by molar-refractivity contribution is -0.134. The van der Waals surface area contributed by atoms with Gasteiger partial charge in [-0.2, -0.15) is 0 Å². The van der Waals surface area contributed by atoms with E-state index in [0.29, 0.717) is 24.6 Å². The number of carbonyl (C=O) groups excluding carboxylic acids is 1. The summed E-state index contributed by atoms with van der Waals surface area (Å²) in [5.41, 5.74) is 0.445. The summed E-state index contributed by atoms with van der Waals surface area (Å²) in [5.74, 6) is -0.778. The van der Waals surface area contributed by atoms with Gasteiger partial charge in [-0.3, -0.25) is 4.79 Å². The Morgan fingerprint density at radius 1 is 1.18 bits per heavy atom. The van der Waals surface area contributed by atoms with Gasteiger partial charge < -0.3 is 10.0 Å². The lowest BCUT2D eigenvalue weighted by Gasteiger charge is -2.24. The number of carboxylic acid groups (broad SMARTS) is 1. The summed E-state index contributed by atoms with van der Waals surface area (Å²) in [6.07, 6.45) is 1.00. The van der Waals surface area contributed by atoms with Gasteiger partial charge in [0.05, 0.1) is 0 Å². The van der Waals surface area contributed by atoms with Crippen molar-refractivity contribution in [2.45, 2.75) is 41.0 Å². The zero-order valence-corrected chi connectivity index (χ0v) is 11.4. The molecule has 0 aromatic rings. The molecule has 0 aliphatic heterocycles. The van der Waals surface area contributed by atoms with Crippen LogP contribution in [0.2, 0.25) is 0 Å². The summed E-state index contributed by atoms with van der Waals surface area (Å²) in [5, 5.41) is 8.86. The van der Waals surface area contributed by atoms with Crippen molar-refractivity contribution in [3.8, 4) is 0 Å². The van der Waals surface area contributed by atoms with Crippen molar-refractivity contribution in [1.82, 2.24) is 4.90 Å². The zero-order valence-electron chi connectivity index (χ0n) is 11.4. The van der Waals surface area contributed by atoms with Crippen molar-refractivity contribution in [3.05, 3.63) is 11.1 Å². The van der Waals surface area contributed by atoms with E-state index in [2.05, 4.69) is 13.8 Å². The van der Waals surface area contributed by atoms with Gasteiger partial charge in [-0.1, -0.05) is 20.3 Å². The Kier molecular flexibility index (Phi) is 6.54. The Labute approximate surface area is 103 Å². The van der Waals surface area contributed by atoms with E-state index in [1.807, 2.05) is 6.92 Å². The van der Waals surface area contributed by atoms with Crippen molar-refractivity contribution in [2.24, 2.45) is 5.92 Å². The zero-order chi connectivity index (χ0) is 13.6. The molecule has 0 radical (unpaired) electrons. The van der Waals surface area contributed by atoms with E-state index in [4.69, 9.17) is 5.11 Å². The minimum absolute atomic E-state index is 0.123. The fourth-order valence-electron chi connectivity index (χ4n) is 1.42. The fraction of sp³-hybridized carbons (Fsp3) is 0.692. The maximum Gasteiger partial charge on any atom is 0.331 e. The molecule has 0 aromatic carbocycles. The van der Waals surface area contributed by atoms with Gasteiger partial charge in [0.1, 0.15) is 0 Å². The maximum absolute atomic E-state index is 12.1. The molecule has 0 saturated carbocycles. The summed E-state index contributed by atoms with van der Waals surface area (Å²) in [4.78, 5) is 24.6. The topological polar surface area (TPSA) is 57.6 Å². The Balaban J connectivity index is 4.87. The molecule has 98 valence electrons. The largest absolute Gasteiger partial charge is 0.478 e. The third-order valence-electron chi connectivity index (χ3n) is 3.10. The quantitative estimate of drug-likeness (QED) is 0.726. The van der Waals surface area contributed by atoms with E-state index in [9.17, 15) is 9.59 Å². The molecular weight excluding hydrogens is 218 g/mol.